The minimum atomic E-state index is -1.05. The Kier molecular flexibility index (Phi) is 4.37. The van der Waals surface area contributed by atoms with Crippen molar-refractivity contribution in [3.63, 3.8) is 0 Å². The highest BCUT2D eigenvalue weighted by Crippen LogP contribution is 2.26. The monoisotopic (exact) mass is 324 g/mol. The van der Waals surface area contributed by atoms with Crippen LogP contribution in [0, 0.1) is 17.0 Å². The summed E-state index contributed by atoms with van der Waals surface area (Å²) in [5.41, 5.74) is -0.320. The normalized spacial score (nSPS) is 10.1. The summed E-state index contributed by atoms with van der Waals surface area (Å²) in [6.45, 7) is 1.62. The van der Waals surface area contributed by atoms with Gasteiger partial charge in [0.25, 0.3) is 5.69 Å². The largest absolute Gasteiger partial charge is 0.360 e. The number of benzene rings is 1. The van der Waals surface area contributed by atoms with Gasteiger partial charge in [-0.2, -0.15) is 0 Å². The molecule has 0 aliphatic rings. The summed E-state index contributed by atoms with van der Waals surface area (Å²) in [7, 11) is 0. The van der Waals surface area contributed by atoms with Crippen LogP contribution >= 0.6 is 11.6 Å². The number of carbonyl (C=O) groups excluding carboxylic acids is 2. The lowest BCUT2D eigenvalue weighted by molar-refractivity contribution is -0.384. The van der Waals surface area contributed by atoms with Crippen molar-refractivity contribution in [1.82, 2.24) is 5.16 Å². The van der Waals surface area contributed by atoms with Gasteiger partial charge in [0.15, 0.2) is 5.82 Å². The number of rotatable bonds is 3. The molecule has 0 fully saturated rings. The van der Waals surface area contributed by atoms with Crippen molar-refractivity contribution in [2.75, 3.05) is 10.6 Å². The lowest BCUT2D eigenvalue weighted by atomic mass is 10.2. The molecule has 0 radical (unpaired) electrons. The van der Waals surface area contributed by atoms with Crippen molar-refractivity contribution < 1.29 is 19.0 Å². The van der Waals surface area contributed by atoms with Crippen LogP contribution in [0.5, 0.6) is 0 Å². The number of hydrogen-bond acceptors (Lipinski definition) is 6. The number of carbonyl (C=O) groups is 2. The third kappa shape index (κ3) is 3.58. The lowest BCUT2D eigenvalue weighted by Gasteiger charge is -2.06. The number of nitrogens with zero attached hydrogens (tertiary/aromatic N) is 2. The topological polar surface area (TPSA) is 127 Å². The van der Waals surface area contributed by atoms with Gasteiger partial charge < -0.3 is 9.84 Å². The molecule has 9 nitrogen and oxygen atoms in total. The molecule has 1 aromatic heterocycles. The summed E-state index contributed by atoms with van der Waals surface area (Å²) >= 11 is 5.82. The third-order valence-electron chi connectivity index (χ3n) is 2.48. The average Bonchev–Trinajstić information content (AvgIpc) is 2.86. The Morgan fingerprint density at radius 2 is 1.95 bits per heavy atom. The van der Waals surface area contributed by atoms with Gasteiger partial charge in [-0.15, -0.1) is 0 Å². The summed E-state index contributed by atoms with van der Waals surface area (Å²) in [4.78, 5) is 33.5. The van der Waals surface area contributed by atoms with Crippen molar-refractivity contribution in [3.05, 3.63) is 45.2 Å². The number of anilines is 2. The lowest BCUT2D eigenvalue weighted by Crippen LogP contribution is -2.29. The summed E-state index contributed by atoms with van der Waals surface area (Å²) in [5.74, 6) is -1.54. The molecule has 1 aromatic carbocycles. The number of amides is 2. The fraction of sp³-hybridized carbons (Fsp3) is 0.0833. The van der Waals surface area contributed by atoms with Crippen LogP contribution in [0.4, 0.5) is 17.2 Å². The SMILES string of the molecule is Cc1cc(NC(=O)C(=O)Nc2cc([N+](=O)[O-])ccc2Cl)no1. The van der Waals surface area contributed by atoms with Crippen LogP contribution in [0.25, 0.3) is 0 Å². The molecule has 2 aromatic rings. The van der Waals surface area contributed by atoms with E-state index < -0.39 is 16.7 Å². The van der Waals surface area contributed by atoms with Crippen molar-refractivity contribution in [2.45, 2.75) is 6.92 Å². The zero-order valence-electron chi connectivity index (χ0n) is 11.1. The zero-order valence-corrected chi connectivity index (χ0v) is 11.9. The number of halogens is 1. The van der Waals surface area contributed by atoms with E-state index >= 15 is 0 Å². The summed E-state index contributed by atoms with van der Waals surface area (Å²) in [5, 5.41) is 18.6. The van der Waals surface area contributed by atoms with Crippen molar-refractivity contribution in [3.8, 4) is 0 Å². The highest BCUT2D eigenvalue weighted by Gasteiger charge is 2.18. The van der Waals surface area contributed by atoms with E-state index in [-0.39, 0.29) is 22.2 Å². The summed E-state index contributed by atoms with van der Waals surface area (Å²) in [6, 6.07) is 4.89. The summed E-state index contributed by atoms with van der Waals surface area (Å²) in [6.07, 6.45) is 0. The number of aromatic nitrogens is 1. The second kappa shape index (κ2) is 6.22. The van der Waals surface area contributed by atoms with Gasteiger partial charge in [0, 0.05) is 18.2 Å². The molecule has 0 saturated carbocycles. The Morgan fingerprint density at radius 1 is 1.27 bits per heavy atom. The number of aryl methyl sites for hydroxylation is 1. The Labute approximate surface area is 128 Å². The molecule has 1 heterocycles. The van der Waals surface area contributed by atoms with E-state index in [9.17, 15) is 19.7 Å². The van der Waals surface area contributed by atoms with E-state index in [1.54, 1.807) is 6.92 Å². The molecule has 10 heteroatoms. The number of nitrogens with one attached hydrogen (secondary N) is 2. The van der Waals surface area contributed by atoms with E-state index in [0.29, 0.717) is 5.76 Å². The molecular formula is C12H9ClN4O5. The minimum Gasteiger partial charge on any atom is -0.360 e. The van der Waals surface area contributed by atoms with Crippen LogP contribution in [0.1, 0.15) is 5.76 Å². The van der Waals surface area contributed by atoms with Crippen LogP contribution < -0.4 is 10.6 Å². The minimum absolute atomic E-state index is 0.0487. The first-order valence-corrected chi connectivity index (χ1v) is 6.24. The molecule has 0 bridgehead atoms. The fourth-order valence-electron chi connectivity index (χ4n) is 1.50. The number of hydrogen-bond donors (Lipinski definition) is 2. The Morgan fingerprint density at radius 3 is 2.55 bits per heavy atom. The number of nitro benzene ring substituents is 1. The Bertz CT molecular complexity index is 758. The standard InChI is InChI=1S/C12H9ClN4O5/c1-6-4-10(16-22-6)15-12(19)11(18)14-9-5-7(17(20)21)2-3-8(9)13/h2-5H,1H3,(H,14,18)(H,15,16,19). The molecule has 2 rings (SSSR count). The molecule has 0 unspecified atom stereocenters. The highest BCUT2D eigenvalue weighted by molar-refractivity contribution is 6.44. The van der Waals surface area contributed by atoms with Gasteiger partial charge in [-0.05, 0) is 13.0 Å². The highest BCUT2D eigenvalue weighted by atomic mass is 35.5. The smallest absolute Gasteiger partial charge is 0.315 e. The fourth-order valence-corrected chi connectivity index (χ4v) is 1.66. The molecule has 22 heavy (non-hydrogen) atoms. The van der Waals surface area contributed by atoms with Gasteiger partial charge in [0.05, 0.1) is 15.6 Å². The molecule has 0 aliphatic carbocycles. The van der Waals surface area contributed by atoms with E-state index in [0.717, 1.165) is 6.07 Å². The molecule has 2 amide bonds. The molecule has 0 spiro atoms. The van der Waals surface area contributed by atoms with Crippen LogP contribution in [0.3, 0.4) is 0 Å². The Balaban J connectivity index is 2.09. The second-order valence-corrected chi connectivity index (χ2v) is 4.56. The maximum absolute atomic E-state index is 11.7. The predicted octanol–water partition coefficient (Wildman–Crippen LogP) is 2.12. The Hall–Kier alpha value is -2.94. The van der Waals surface area contributed by atoms with Crippen LogP contribution in [-0.4, -0.2) is 21.9 Å². The molecule has 0 atom stereocenters. The van der Waals surface area contributed by atoms with E-state index in [4.69, 9.17) is 16.1 Å². The first-order chi connectivity index (χ1) is 10.4. The van der Waals surface area contributed by atoms with Crippen molar-refractivity contribution in [2.24, 2.45) is 0 Å². The van der Waals surface area contributed by atoms with Crippen LogP contribution in [-0.2, 0) is 9.59 Å². The maximum Gasteiger partial charge on any atom is 0.315 e. The summed E-state index contributed by atoms with van der Waals surface area (Å²) < 4.78 is 4.73. The zero-order chi connectivity index (χ0) is 16.3. The first-order valence-electron chi connectivity index (χ1n) is 5.86. The van der Waals surface area contributed by atoms with E-state index in [1.165, 1.54) is 18.2 Å². The van der Waals surface area contributed by atoms with Gasteiger partial charge in [0.2, 0.25) is 0 Å². The molecule has 0 aliphatic heterocycles. The van der Waals surface area contributed by atoms with E-state index in [2.05, 4.69) is 15.8 Å². The van der Waals surface area contributed by atoms with Gasteiger partial charge >= 0.3 is 11.8 Å². The van der Waals surface area contributed by atoms with Gasteiger partial charge in [-0.1, -0.05) is 16.8 Å². The molecule has 2 N–H and O–H groups in total. The predicted molar refractivity (Wildman–Crippen MR) is 76.6 cm³/mol. The van der Waals surface area contributed by atoms with Crippen LogP contribution in [0.2, 0.25) is 5.02 Å². The van der Waals surface area contributed by atoms with E-state index in [1.807, 2.05) is 0 Å². The molecule has 0 saturated heterocycles. The molecule has 114 valence electrons. The quantitative estimate of drug-likeness (QED) is 0.505. The van der Waals surface area contributed by atoms with Crippen molar-refractivity contribution in [1.29, 1.82) is 0 Å². The van der Waals surface area contributed by atoms with Gasteiger partial charge in [-0.3, -0.25) is 25.0 Å². The maximum atomic E-state index is 11.7. The first kappa shape index (κ1) is 15.4. The number of non-ortho nitro benzene ring substituents is 1. The van der Waals surface area contributed by atoms with Gasteiger partial charge in [-0.25, -0.2) is 0 Å². The molecular weight excluding hydrogens is 316 g/mol. The van der Waals surface area contributed by atoms with Crippen LogP contribution in [0.15, 0.2) is 28.8 Å². The van der Waals surface area contributed by atoms with Gasteiger partial charge in [0.1, 0.15) is 5.76 Å². The average molecular weight is 325 g/mol. The second-order valence-electron chi connectivity index (χ2n) is 4.15. The third-order valence-corrected chi connectivity index (χ3v) is 2.81. The van der Waals surface area contributed by atoms with Crippen molar-refractivity contribution >= 4 is 40.6 Å². The number of nitro groups is 1.